The average Bonchev–Trinajstić information content (AvgIpc) is 3.02. The third-order valence-electron chi connectivity index (χ3n) is 4.14. The van der Waals surface area contributed by atoms with E-state index in [9.17, 15) is 8.42 Å². The van der Waals surface area contributed by atoms with Crippen LogP contribution in [0.1, 0.15) is 29.8 Å². The monoisotopic (exact) mass is 415 g/mol. The summed E-state index contributed by atoms with van der Waals surface area (Å²) in [5, 5.41) is 2.04. The summed E-state index contributed by atoms with van der Waals surface area (Å²) in [5.74, 6) is 0.374. The Morgan fingerprint density at radius 1 is 1.39 bits per heavy atom. The number of benzene rings is 1. The summed E-state index contributed by atoms with van der Waals surface area (Å²) in [6.07, 6.45) is 1.51. The number of thiophene rings is 1. The van der Waals surface area contributed by atoms with E-state index in [0.717, 1.165) is 22.9 Å². The summed E-state index contributed by atoms with van der Waals surface area (Å²) in [7, 11) is -2.13. The number of hydrogen-bond acceptors (Lipinski definition) is 4. The lowest BCUT2D eigenvalue weighted by Crippen LogP contribution is -2.39. The van der Waals surface area contributed by atoms with Gasteiger partial charge in [0.1, 0.15) is 10.6 Å². The molecule has 3 rings (SSSR count). The Hall–Kier alpha value is -0.890. The molecular weight excluding hydrogens is 398 g/mol. The third kappa shape index (κ3) is 2.95. The number of methoxy groups -OCH3 is 1. The summed E-state index contributed by atoms with van der Waals surface area (Å²) < 4.78 is 34.1. The fourth-order valence-corrected chi connectivity index (χ4v) is 6.37. The van der Waals surface area contributed by atoms with Crippen LogP contribution in [0.5, 0.6) is 5.75 Å². The predicted octanol–water partition coefficient (Wildman–Crippen LogP) is 4.22. The maximum Gasteiger partial charge on any atom is 0.247 e. The molecule has 1 atom stereocenters. The van der Waals surface area contributed by atoms with Gasteiger partial charge in [0.2, 0.25) is 10.0 Å². The van der Waals surface area contributed by atoms with Gasteiger partial charge in [-0.25, -0.2) is 8.42 Å². The summed E-state index contributed by atoms with van der Waals surface area (Å²) >= 11 is 5.07. The second-order valence-electron chi connectivity index (χ2n) is 5.38. The Bertz CT molecular complexity index is 816. The highest BCUT2D eigenvalue weighted by Crippen LogP contribution is 2.40. The van der Waals surface area contributed by atoms with Gasteiger partial charge in [-0.15, -0.1) is 11.3 Å². The Balaban J connectivity index is 2.08. The van der Waals surface area contributed by atoms with Gasteiger partial charge in [0.15, 0.2) is 0 Å². The molecule has 7 heteroatoms. The topological polar surface area (TPSA) is 46.6 Å². The van der Waals surface area contributed by atoms with Crippen molar-refractivity contribution in [2.24, 2.45) is 0 Å². The zero-order valence-electron chi connectivity index (χ0n) is 13.0. The first-order valence-electron chi connectivity index (χ1n) is 7.40. The lowest BCUT2D eigenvalue weighted by atomic mass is 10.0. The van der Waals surface area contributed by atoms with E-state index in [1.807, 2.05) is 18.4 Å². The number of fused-ring (bicyclic) bond motifs is 1. The molecule has 0 aliphatic carbocycles. The average molecular weight is 416 g/mol. The van der Waals surface area contributed by atoms with Crippen molar-refractivity contribution in [3.8, 4) is 5.75 Å². The zero-order chi connectivity index (χ0) is 16.6. The van der Waals surface area contributed by atoms with Gasteiger partial charge in [0.05, 0.1) is 13.2 Å². The van der Waals surface area contributed by atoms with Gasteiger partial charge < -0.3 is 4.74 Å². The van der Waals surface area contributed by atoms with Gasteiger partial charge in [-0.1, -0.05) is 22.9 Å². The number of rotatable bonds is 4. The molecule has 0 fully saturated rings. The van der Waals surface area contributed by atoms with Gasteiger partial charge in [-0.05, 0) is 48.1 Å². The number of nitrogens with zero attached hydrogens (tertiary/aromatic N) is 1. The second-order valence-corrected chi connectivity index (χ2v) is 9.16. The minimum atomic E-state index is -3.63. The van der Waals surface area contributed by atoms with Crippen molar-refractivity contribution in [1.82, 2.24) is 4.31 Å². The van der Waals surface area contributed by atoms with Gasteiger partial charge in [0.25, 0.3) is 0 Å². The highest BCUT2D eigenvalue weighted by Gasteiger charge is 2.37. The van der Waals surface area contributed by atoms with Crippen molar-refractivity contribution >= 4 is 37.3 Å². The van der Waals surface area contributed by atoms with Crippen molar-refractivity contribution in [2.45, 2.75) is 30.7 Å². The maximum atomic E-state index is 13.2. The largest absolute Gasteiger partial charge is 0.495 e. The van der Waals surface area contributed by atoms with Crippen LogP contribution in [0.2, 0.25) is 0 Å². The number of sulfonamides is 1. The van der Waals surface area contributed by atoms with Crippen LogP contribution in [0.15, 0.2) is 39.0 Å². The molecule has 124 valence electrons. The zero-order valence-corrected chi connectivity index (χ0v) is 16.2. The standard InChI is InChI=1S/C16H18BrNO3S2/c1-3-13-12-7-9-22-15(12)6-8-18(13)23(19,20)16-10-11(17)4-5-14(16)21-2/h4-5,7,9-10,13H,3,6,8H2,1-2H3/t13-/m0/s1. The molecule has 0 spiro atoms. The molecule has 1 aliphatic heterocycles. The van der Waals surface area contributed by atoms with Crippen molar-refractivity contribution in [1.29, 1.82) is 0 Å². The van der Waals surface area contributed by atoms with Crippen molar-refractivity contribution in [3.05, 3.63) is 44.6 Å². The highest BCUT2D eigenvalue weighted by atomic mass is 79.9. The Labute approximate surface area is 149 Å². The van der Waals surface area contributed by atoms with Crippen molar-refractivity contribution < 1.29 is 13.2 Å². The quantitative estimate of drug-likeness (QED) is 0.750. The minimum absolute atomic E-state index is 0.112. The van der Waals surface area contributed by atoms with Gasteiger partial charge in [-0.3, -0.25) is 0 Å². The molecule has 0 N–H and O–H groups in total. The summed E-state index contributed by atoms with van der Waals surface area (Å²) in [6, 6.07) is 7.01. The molecule has 2 heterocycles. The summed E-state index contributed by atoms with van der Waals surface area (Å²) in [6.45, 7) is 2.53. The van der Waals surface area contributed by atoms with Crippen LogP contribution in [0.4, 0.5) is 0 Å². The minimum Gasteiger partial charge on any atom is -0.495 e. The molecule has 23 heavy (non-hydrogen) atoms. The fraction of sp³-hybridized carbons (Fsp3) is 0.375. The molecule has 0 bridgehead atoms. The maximum absolute atomic E-state index is 13.2. The summed E-state index contributed by atoms with van der Waals surface area (Å²) in [4.78, 5) is 1.51. The Kier molecular flexibility index (Phi) is 4.83. The molecule has 0 saturated carbocycles. The first kappa shape index (κ1) is 17.0. The molecule has 4 nitrogen and oxygen atoms in total. The highest BCUT2D eigenvalue weighted by molar-refractivity contribution is 9.10. The smallest absolute Gasteiger partial charge is 0.247 e. The molecule has 1 aromatic carbocycles. The molecule has 2 aromatic rings. The van der Waals surface area contributed by atoms with Crippen molar-refractivity contribution in [3.63, 3.8) is 0 Å². The van der Waals surface area contributed by atoms with E-state index < -0.39 is 10.0 Å². The Morgan fingerprint density at radius 3 is 2.87 bits per heavy atom. The number of halogens is 1. The van der Waals surface area contributed by atoms with E-state index >= 15 is 0 Å². The Morgan fingerprint density at radius 2 is 2.17 bits per heavy atom. The normalized spacial score (nSPS) is 18.7. The number of ether oxygens (including phenoxy) is 1. The van der Waals surface area contributed by atoms with Crippen molar-refractivity contribution in [2.75, 3.05) is 13.7 Å². The molecule has 0 unspecified atom stereocenters. The first-order valence-corrected chi connectivity index (χ1v) is 10.5. The van der Waals surface area contributed by atoms with Crippen LogP contribution in [0.25, 0.3) is 0 Å². The molecule has 1 aliphatic rings. The van der Waals surface area contributed by atoms with E-state index in [4.69, 9.17) is 4.74 Å². The lowest BCUT2D eigenvalue weighted by Gasteiger charge is -2.34. The molecular formula is C16H18BrNO3S2. The summed E-state index contributed by atoms with van der Waals surface area (Å²) in [5.41, 5.74) is 1.14. The van der Waals surface area contributed by atoms with Crippen LogP contribution in [0.3, 0.4) is 0 Å². The van der Waals surface area contributed by atoms with Gasteiger partial charge in [0, 0.05) is 15.9 Å². The van der Waals surface area contributed by atoms with Crippen LogP contribution >= 0.6 is 27.3 Å². The third-order valence-corrected chi connectivity index (χ3v) is 7.56. The van der Waals surface area contributed by atoms with E-state index in [1.54, 1.807) is 33.8 Å². The predicted molar refractivity (Wildman–Crippen MR) is 95.6 cm³/mol. The molecule has 1 aromatic heterocycles. The van der Waals surface area contributed by atoms with Crippen LogP contribution in [-0.4, -0.2) is 26.4 Å². The molecule has 0 radical (unpaired) electrons. The second kappa shape index (κ2) is 6.55. The number of hydrogen-bond donors (Lipinski definition) is 0. The molecule has 0 amide bonds. The lowest BCUT2D eigenvalue weighted by molar-refractivity contribution is 0.301. The van der Waals surface area contributed by atoms with Crippen LogP contribution in [-0.2, 0) is 16.4 Å². The first-order chi connectivity index (χ1) is 11.0. The van der Waals surface area contributed by atoms with E-state index in [1.165, 1.54) is 12.0 Å². The van der Waals surface area contributed by atoms with Gasteiger partial charge in [-0.2, -0.15) is 4.31 Å². The van der Waals surface area contributed by atoms with Crippen LogP contribution in [0, 0.1) is 0 Å². The van der Waals surface area contributed by atoms with E-state index in [2.05, 4.69) is 15.9 Å². The fourth-order valence-electron chi connectivity index (χ4n) is 3.06. The molecule has 0 saturated heterocycles. The van der Waals surface area contributed by atoms with Gasteiger partial charge >= 0.3 is 0 Å². The van der Waals surface area contributed by atoms with E-state index in [-0.39, 0.29) is 10.9 Å². The van der Waals surface area contributed by atoms with Crippen LogP contribution < -0.4 is 4.74 Å². The SMILES string of the molecule is CC[C@H]1c2ccsc2CCN1S(=O)(=O)c1cc(Br)ccc1OC. The van der Waals surface area contributed by atoms with E-state index in [0.29, 0.717) is 12.3 Å².